The second-order valence-corrected chi connectivity index (χ2v) is 10.2. The van der Waals surface area contributed by atoms with E-state index in [9.17, 15) is 17.6 Å². The number of anilines is 1. The van der Waals surface area contributed by atoms with Crippen molar-refractivity contribution in [3.63, 3.8) is 0 Å². The number of piperazine rings is 1. The summed E-state index contributed by atoms with van der Waals surface area (Å²) in [5.74, 6) is -0.438. The topological polar surface area (TPSA) is 73.8 Å². The number of aromatic nitrogens is 1. The molecule has 0 spiro atoms. The molecule has 0 radical (unpaired) electrons. The standard InChI is InChI=1S/C18H23FN4O3S2/c1-28(25,26)23-8-3-2-6-14(23)17(24)21-9-11-22(12-10-21)18-20-16-13(19)5-4-7-15(16)27-18/h4-5,7,14H,2-3,6,8-12H2,1H3. The van der Waals surface area contributed by atoms with Crippen molar-refractivity contribution in [2.75, 3.05) is 43.9 Å². The van der Waals surface area contributed by atoms with E-state index in [1.807, 2.05) is 6.07 Å². The predicted molar refractivity (Wildman–Crippen MR) is 108 cm³/mol. The Balaban J connectivity index is 1.44. The van der Waals surface area contributed by atoms with Gasteiger partial charge in [0.2, 0.25) is 15.9 Å². The van der Waals surface area contributed by atoms with Crippen LogP contribution in [0.3, 0.4) is 0 Å². The minimum atomic E-state index is -3.40. The Morgan fingerprint density at radius 1 is 1.18 bits per heavy atom. The summed E-state index contributed by atoms with van der Waals surface area (Å²) in [4.78, 5) is 21.2. The molecule has 152 valence electrons. The third-order valence-corrected chi connectivity index (χ3v) is 7.76. The lowest BCUT2D eigenvalue weighted by molar-refractivity contribution is -0.136. The summed E-state index contributed by atoms with van der Waals surface area (Å²) in [5, 5.41) is 0.752. The second-order valence-electron chi connectivity index (χ2n) is 7.28. The van der Waals surface area contributed by atoms with Crippen LogP contribution in [0.5, 0.6) is 0 Å². The van der Waals surface area contributed by atoms with Crippen molar-refractivity contribution in [1.82, 2.24) is 14.2 Å². The Hall–Kier alpha value is -1.78. The van der Waals surface area contributed by atoms with Crippen LogP contribution in [0, 0.1) is 5.82 Å². The highest BCUT2D eigenvalue weighted by atomic mass is 32.2. The van der Waals surface area contributed by atoms with Gasteiger partial charge in [-0.1, -0.05) is 23.8 Å². The molecule has 1 aromatic heterocycles. The number of hydrogen-bond donors (Lipinski definition) is 0. The molecule has 1 aromatic carbocycles. The summed E-state index contributed by atoms with van der Waals surface area (Å²) >= 11 is 1.44. The minimum absolute atomic E-state index is 0.111. The minimum Gasteiger partial charge on any atom is -0.345 e. The molecule has 2 fully saturated rings. The average molecular weight is 427 g/mol. The predicted octanol–water partition coefficient (Wildman–Crippen LogP) is 1.90. The van der Waals surface area contributed by atoms with Crippen LogP contribution in [0.4, 0.5) is 9.52 Å². The summed E-state index contributed by atoms with van der Waals surface area (Å²) in [7, 11) is -3.40. The number of rotatable bonds is 3. The van der Waals surface area contributed by atoms with Crippen LogP contribution in [0.25, 0.3) is 10.2 Å². The molecule has 0 bridgehead atoms. The van der Waals surface area contributed by atoms with Gasteiger partial charge in [-0.2, -0.15) is 4.31 Å². The number of amides is 1. The normalized spacial score (nSPS) is 22.0. The number of para-hydroxylation sites is 1. The molecular weight excluding hydrogens is 403 g/mol. The molecule has 1 atom stereocenters. The number of benzene rings is 1. The molecule has 7 nitrogen and oxygen atoms in total. The van der Waals surface area contributed by atoms with E-state index in [4.69, 9.17) is 0 Å². The molecule has 0 N–H and O–H groups in total. The van der Waals surface area contributed by atoms with Crippen LogP contribution in [0.15, 0.2) is 18.2 Å². The van der Waals surface area contributed by atoms with Gasteiger partial charge in [0.1, 0.15) is 17.4 Å². The van der Waals surface area contributed by atoms with Crippen molar-refractivity contribution >= 4 is 42.6 Å². The number of nitrogens with zero attached hydrogens (tertiary/aromatic N) is 4. The average Bonchev–Trinajstić information content (AvgIpc) is 3.13. The van der Waals surface area contributed by atoms with E-state index >= 15 is 0 Å². The summed E-state index contributed by atoms with van der Waals surface area (Å²) in [6, 6.07) is 4.34. The van der Waals surface area contributed by atoms with Gasteiger partial charge in [-0.15, -0.1) is 0 Å². The molecule has 2 saturated heterocycles. The van der Waals surface area contributed by atoms with Gasteiger partial charge in [-0.3, -0.25) is 4.79 Å². The smallest absolute Gasteiger partial charge is 0.241 e. The first kappa shape index (κ1) is 19.5. The Morgan fingerprint density at radius 3 is 2.61 bits per heavy atom. The molecule has 3 heterocycles. The molecule has 0 aliphatic carbocycles. The summed E-state index contributed by atoms with van der Waals surface area (Å²) in [6.07, 6.45) is 3.39. The lowest BCUT2D eigenvalue weighted by Crippen LogP contribution is -2.57. The van der Waals surface area contributed by atoms with Crippen LogP contribution in [-0.2, 0) is 14.8 Å². The maximum Gasteiger partial charge on any atom is 0.241 e. The van der Waals surface area contributed by atoms with Gasteiger partial charge >= 0.3 is 0 Å². The molecule has 1 amide bonds. The van der Waals surface area contributed by atoms with E-state index in [0.29, 0.717) is 44.7 Å². The third-order valence-electron chi connectivity index (χ3n) is 5.39. The van der Waals surface area contributed by atoms with E-state index in [0.717, 1.165) is 22.7 Å². The first-order chi connectivity index (χ1) is 13.3. The van der Waals surface area contributed by atoms with Gasteiger partial charge in [-0.05, 0) is 25.0 Å². The Morgan fingerprint density at radius 2 is 1.93 bits per heavy atom. The van der Waals surface area contributed by atoms with Gasteiger partial charge in [-0.25, -0.2) is 17.8 Å². The van der Waals surface area contributed by atoms with E-state index < -0.39 is 16.1 Å². The van der Waals surface area contributed by atoms with Gasteiger partial charge in [0.05, 0.1) is 11.0 Å². The molecular formula is C18H23FN4O3S2. The Labute approximate surface area is 167 Å². The van der Waals surface area contributed by atoms with Crippen molar-refractivity contribution in [2.24, 2.45) is 0 Å². The number of piperidine rings is 1. The third kappa shape index (κ3) is 3.72. The quantitative estimate of drug-likeness (QED) is 0.750. The molecule has 2 aliphatic rings. The zero-order chi connectivity index (χ0) is 19.9. The fraction of sp³-hybridized carbons (Fsp3) is 0.556. The zero-order valence-corrected chi connectivity index (χ0v) is 17.3. The summed E-state index contributed by atoms with van der Waals surface area (Å²) < 4.78 is 40.1. The first-order valence-electron chi connectivity index (χ1n) is 9.40. The number of carbonyl (C=O) groups excluding carboxylic acids is 1. The van der Waals surface area contributed by atoms with Crippen LogP contribution in [0.2, 0.25) is 0 Å². The van der Waals surface area contributed by atoms with E-state index in [1.165, 1.54) is 28.0 Å². The maximum atomic E-state index is 13.9. The molecule has 1 unspecified atom stereocenters. The van der Waals surface area contributed by atoms with E-state index in [2.05, 4.69) is 9.88 Å². The van der Waals surface area contributed by atoms with Crippen LogP contribution in [0.1, 0.15) is 19.3 Å². The zero-order valence-electron chi connectivity index (χ0n) is 15.7. The fourth-order valence-corrected chi connectivity index (χ4v) is 6.07. The van der Waals surface area contributed by atoms with Crippen molar-refractivity contribution < 1.29 is 17.6 Å². The van der Waals surface area contributed by atoms with Gasteiger partial charge in [0.15, 0.2) is 5.13 Å². The first-order valence-corrected chi connectivity index (χ1v) is 12.1. The van der Waals surface area contributed by atoms with Gasteiger partial charge < -0.3 is 9.80 Å². The number of fused-ring (bicyclic) bond motifs is 1. The number of carbonyl (C=O) groups is 1. The van der Waals surface area contributed by atoms with Gasteiger partial charge in [0.25, 0.3) is 0 Å². The lowest BCUT2D eigenvalue weighted by atomic mass is 10.0. The number of sulfonamides is 1. The molecule has 10 heteroatoms. The molecule has 0 saturated carbocycles. The molecule has 2 aliphatic heterocycles. The summed E-state index contributed by atoms with van der Waals surface area (Å²) in [6.45, 7) is 2.61. The number of halogens is 1. The highest BCUT2D eigenvalue weighted by Crippen LogP contribution is 2.31. The van der Waals surface area contributed by atoms with Crippen molar-refractivity contribution in [2.45, 2.75) is 25.3 Å². The second kappa shape index (κ2) is 7.57. The van der Waals surface area contributed by atoms with Crippen molar-refractivity contribution in [1.29, 1.82) is 0 Å². The number of thiazole rings is 1. The molecule has 4 rings (SSSR count). The maximum absolute atomic E-state index is 13.9. The van der Waals surface area contributed by atoms with Crippen molar-refractivity contribution in [3.05, 3.63) is 24.0 Å². The Bertz CT molecular complexity index is 986. The van der Waals surface area contributed by atoms with Crippen LogP contribution < -0.4 is 4.90 Å². The van der Waals surface area contributed by atoms with Crippen LogP contribution in [-0.4, -0.2) is 73.5 Å². The highest BCUT2D eigenvalue weighted by Gasteiger charge is 2.37. The van der Waals surface area contributed by atoms with Crippen molar-refractivity contribution in [3.8, 4) is 0 Å². The fourth-order valence-electron chi connectivity index (χ4n) is 3.92. The lowest BCUT2D eigenvalue weighted by Gasteiger charge is -2.39. The van der Waals surface area contributed by atoms with Crippen LogP contribution >= 0.6 is 11.3 Å². The van der Waals surface area contributed by atoms with E-state index in [-0.39, 0.29) is 11.7 Å². The summed E-state index contributed by atoms with van der Waals surface area (Å²) in [5.41, 5.74) is 0.381. The number of hydrogen-bond acceptors (Lipinski definition) is 6. The SMILES string of the molecule is CS(=O)(=O)N1CCCCC1C(=O)N1CCN(c2nc3c(F)cccc3s2)CC1. The largest absolute Gasteiger partial charge is 0.345 e. The molecule has 2 aromatic rings. The molecule has 28 heavy (non-hydrogen) atoms. The van der Waals surface area contributed by atoms with Gasteiger partial charge in [0, 0.05) is 32.7 Å². The Kier molecular flexibility index (Phi) is 5.28. The monoisotopic (exact) mass is 426 g/mol. The van der Waals surface area contributed by atoms with E-state index in [1.54, 1.807) is 11.0 Å². The highest BCUT2D eigenvalue weighted by molar-refractivity contribution is 7.88.